The van der Waals surface area contributed by atoms with Gasteiger partial charge in [0.2, 0.25) is 0 Å². The van der Waals surface area contributed by atoms with Crippen LogP contribution >= 0.6 is 7.53 Å². The second-order valence-electron chi connectivity index (χ2n) is 6.53. The van der Waals surface area contributed by atoms with Crippen molar-refractivity contribution in [2.45, 2.75) is 20.3 Å². The van der Waals surface area contributed by atoms with Crippen LogP contribution in [0.15, 0.2) is 89.5 Å². The Morgan fingerprint density at radius 2 is 1.43 bits per heavy atom. The van der Waals surface area contributed by atoms with E-state index in [4.69, 9.17) is 0 Å². The first-order valence-electron chi connectivity index (χ1n) is 8.68. The monoisotopic (exact) mass is 500 g/mol. The van der Waals surface area contributed by atoms with E-state index in [2.05, 4.69) is 98.3 Å². The zero-order valence-corrected chi connectivity index (χ0v) is 20.8. The van der Waals surface area contributed by atoms with E-state index >= 15 is 0 Å². The summed E-state index contributed by atoms with van der Waals surface area (Å²) in [6.07, 6.45) is 6.41. The van der Waals surface area contributed by atoms with Gasteiger partial charge in [-0.15, -0.1) is 55.9 Å². The van der Waals surface area contributed by atoms with E-state index in [1.807, 2.05) is 0 Å². The minimum atomic E-state index is -0.264. The molecule has 1 aliphatic rings. The molecule has 0 atom stereocenters. The number of benzene rings is 2. The number of fused-ring (bicyclic) bond motifs is 2. The molecule has 0 nitrogen and oxygen atoms in total. The van der Waals surface area contributed by atoms with Crippen molar-refractivity contribution in [2.24, 2.45) is 0 Å². The first-order valence-corrected chi connectivity index (χ1v) is 10.2. The van der Waals surface area contributed by atoms with Crippen molar-refractivity contribution in [3.63, 3.8) is 0 Å². The molecule has 0 aliphatic heterocycles. The van der Waals surface area contributed by atoms with Gasteiger partial charge in [0, 0.05) is 0 Å². The molecule has 3 aromatic carbocycles. The molecule has 4 aromatic rings. The van der Waals surface area contributed by atoms with Gasteiger partial charge in [-0.3, -0.25) is 6.08 Å². The molecule has 140 valence electrons. The summed E-state index contributed by atoms with van der Waals surface area (Å²) in [5.41, 5.74) is 2.71. The summed E-state index contributed by atoms with van der Waals surface area (Å²) in [5.74, 6) is 4.83. The molecular weight excluding hydrogens is 481 g/mol. The van der Waals surface area contributed by atoms with Crippen molar-refractivity contribution >= 4 is 29.1 Å². The normalized spacial score (nSPS) is 12.1. The van der Waals surface area contributed by atoms with E-state index in [0.717, 1.165) is 6.42 Å². The summed E-state index contributed by atoms with van der Waals surface area (Å²) < 4.78 is 0. The summed E-state index contributed by atoms with van der Waals surface area (Å²) in [6, 6.07) is 21.9. The van der Waals surface area contributed by atoms with Crippen LogP contribution in [0.4, 0.5) is 0 Å². The largest absolute Gasteiger partial charge is 4.00 e. The maximum absolute atomic E-state index is 3.19. The van der Waals surface area contributed by atoms with E-state index in [1.54, 1.807) is 0 Å². The Hall–Kier alpha value is -0.967. The standard InChI is InChI=1S/C17H12P.C7H9.2ClH.Zr/c1-2-6-14-10-17(9-13(14)5-1)18-11-15-7-3-4-8-16(15)12-18;1-6-4-3-5-7(6)2;;;/h1-12H;4H,3H2,1-2H3;2*1H;/q2*-1;;;+4/p-2. The van der Waals surface area contributed by atoms with Crippen molar-refractivity contribution in [2.75, 3.05) is 0 Å². The summed E-state index contributed by atoms with van der Waals surface area (Å²) >= 11 is 0. The van der Waals surface area contributed by atoms with E-state index < -0.39 is 0 Å². The molecule has 1 aliphatic carbocycles. The zero-order chi connectivity index (χ0) is 17.2. The Morgan fingerprint density at radius 3 is 1.89 bits per heavy atom. The molecule has 1 aromatic heterocycles. The Labute approximate surface area is 200 Å². The molecule has 4 heteroatoms. The molecule has 0 unspecified atom stereocenters. The van der Waals surface area contributed by atoms with Crippen molar-refractivity contribution < 1.29 is 51.0 Å². The fraction of sp³-hybridized carbons (Fsp3) is 0.125. The Bertz CT molecular complexity index is 948. The average molecular weight is 503 g/mol. The van der Waals surface area contributed by atoms with E-state index in [9.17, 15) is 0 Å². The summed E-state index contributed by atoms with van der Waals surface area (Å²) in [5, 5.41) is 6.94. The third-order valence-electron chi connectivity index (χ3n) is 4.82. The van der Waals surface area contributed by atoms with Gasteiger partial charge in [-0.1, -0.05) is 42.6 Å². The third-order valence-corrected chi connectivity index (χ3v) is 6.79. The number of allylic oxidation sites excluding steroid dienone is 4. The quantitative estimate of drug-likeness (QED) is 0.348. The zero-order valence-electron chi connectivity index (χ0n) is 15.9. The van der Waals surface area contributed by atoms with Gasteiger partial charge in [-0.25, -0.2) is 11.1 Å². The van der Waals surface area contributed by atoms with Gasteiger partial charge < -0.3 is 24.8 Å². The number of hydrogen-bond acceptors (Lipinski definition) is 0. The topological polar surface area (TPSA) is 0 Å². The first-order chi connectivity index (χ1) is 12.2. The van der Waals surface area contributed by atoms with Gasteiger partial charge in [0.05, 0.1) is 0 Å². The first kappa shape index (κ1) is 25.1. The summed E-state index contributed by atoms with van der Waals surface area (Å²) in [7, 11) is -0.264. The van der Waals surface area contributed by atoms with Crippen LogP contribution in [0.5, 0.6) is 0 Å². The maximum atomic E-state index is 3.19. The van der Waals surface area contributed by atoms with E-state index in [-0.39, 0.29) is 58.6 Å². The van der Waals surface area contributed by atoms with E-state index in [0.29, 0.717) is 0 Å². The van der Waals surface area contributed by atoms with Crippen molar-refractivity contribution in [3.8, 4) is 5.30 Å². The van der Waals surface area contributed by atoms with Crippen molar-refractivity contribution in [3.05, 3.63) is 95.6 Å². The van der Waals surface area contributed by atoms with Gasteiger partial charge in [-0.05, 0) is 22.4 Å². The SMILES string of the molecule is CC1=[C-]CC=C1C.[Cl-].[Cl-].[Zr+4].c1ccc2cp(-c3cc4ccccc4[cH-]3)cc2c1. The van der Waals surface area contributed by atoms with Crippen LogP contribution in [-0.2, 0) is 26.2 Å². The molecular formula is C24H21Cl2PZr. The molecule has 0 bridgehead atoms. The molecule has 1 heterocycles. The van der Waals surface area contributed by atoms with Crippen LogP contribution in [0.1, 0.15) is 20.3 Å². The number of hydrogen-bond donors (Lipinski definition) is 0. The van der Waals surface area contributed by atoms with Crippen LogP contribution in [0, 0.1) is 6.08 Å². The van der Waals surface area contributed by atoms with Crippen LogP contribution in [0.2, 0.25) is 0 Å². The Kier molecular flexibility index (Phi) is 10.1. The molecule has 0 spiro atoms. The molecule has 0 radical (unpaired) electrons. The maximum Gasteiger partial charge on any atom is 4.00 e. The van der Waals surface area contributed by atoms with Gasteiger partial charge in [0.25, 0.3) is 0 Å². The average Bonchev–Trinajstić information content (AvgIpc) is 3.33. The van der Waals surface area contributed by atoms with Gasteiger partial charge in [0.15, 0.2) is 0 Å². The van der Waals surface area contributed by atoms with Crippen LogP contribution in [-0.4, -0.2) is 0 Å². The van der Waals surface area contributed by atoms with Crippen LogP contribution < -0.4 is 24.8 Å². The molecule has 28 heavy (non-hydrogen) atoms. The van der Waals surface area contributed by atoms with Gasteiger partial charge >= 0.3 is 26.2 Å². The second kappa shape index (κ2) is 11.3. The molecule has 0 saturated heterocycles. The van der Waals surface area contributed by atoms with E-state index in [1.165, 1.54) is 38.0 Å². The smallest absolute Gasteiger partial charge is 1.00 e. The molecule has 0 amide bonds. The summed E-state index contributed by atoms with van der Waals surface area (Å²) in [6.45, 7) is 4.22. The molecule has 5 rings (SSSR count). The van der Waals surface area contributed by atoms with Crippen LogP contribution in [0.25, 0.3) is 26.8 Å². The predicted octanol–water partition coefficient (Wildman–Crippen LogP) is 1.78. The minimum Gasteiger partial charge on any atom is -1.00 e. The predicted molar refractivity (Wildman–Crippen MR) is 112 cm³/mol. The van der Waals surface area contributed by atoms with Crippen LogP contribution in [0.3, 0.4) is 0 Å². The Balaban J connectivity index is 0.000000341. The van der Waals surface area contributed by atoms with Gasteiger partial charge in [0.1, 0.15) is 0 Å². The summed E-state index contributed by atoms with van der Waals surface area (Å²) in [4.78, 5) is 0. The minimum absolute atomic E-state index is 0. The fourth-order valence-corrected chi connectivity index (χ4v) is 5.18. The fourth-order valence-electron chi connectivity index (χ4n) is 3.16. The Morgan fingerprint density at radius 1 is 0.857 bits per heavy atom. The third kappa shape index (κ3) is 5.55. The molecule has 0 fully saturated rings. The number of halogens is 2. The van der Waals surface area contributed by atoms with Gasteiger partial charge in [-0.2, -0.15) is 12.1 Å². The number of rotatable bonds is 1. The van der Waals surface area contributed by atoms with Crippen molar-refractivity contribution in [1.29, 1.82) is 0 Å². The van der Waals surface area contributed by atoms with Crippen molar-refractivity contribution in [1.82, 2.24) is 0 Å². The molecule has 0 saturated carbocycles. The second-order valence-corrected chi connectivity index (χ2v) is 8.38. The molecule has 0 N–H and O–H groups in total.